The number of ether oxygens (including phenoxy) is 1. The van der Waals surface area contributed by atoms with Crippen LogP contribution >= 0.6 is 0 Å². The van der Waals surface area contributed by atoms with E-state index in [0.717, 1.165) is 28.6 Å². The number of nitrogens with one attached hydrogen (secondary N) is 1. The lowest BCUT2D eigenvalue weighted by molar-refractivity contribution is -0.154. The summed E-state index contributed by atoms with van der Waals surface area (Å²) in [7, 11) is 0. The Morgan fingerprint density at radius 2 is 1.79 bits per heavy atom. The number of para-hydroxylation sites is 1. The molecule has 7 heteroatoms. The molecule has 1 saturated heterocycles. The van der Waals surface area contributed by atoms with E-state index in [4.69, 9.17) is 4.74 Å². The Hall–Kier alpha value is -2.96. The number of rotatable bonds is 5. The van der Waals surface area contributed by atoms with Gasteiger partial charge in [-0.05, 0) is 25.8 Å². The van der Waals surface area contributed by atoms with Crippen LogP contribution < -0.4 is 0 Å². The first kappa shape index (κ1) is 18.4. The van der Waals surface area contributed by atoms with E-state index >= 15 is 0 Å². The second kappa shape index (κ2) is 7.22. The summed E-state index contributed by atoms with van der Waals surface area (Å²) in [5, 5.41) is 0.754. The molecule has 1 aromatic carbocycles. The number of aromatic amines is 1. The van der Waals surface area contributed by atoms with Crippen LogP contribution in [0.5, 0.6) is 0 Å². The Morgan fingerprint density at radius 1 is 1.14 bits per heavy atom. The zero-order valence-corrected chi connectivity index (χ0v) is 15.6. The first-order valence-electron chi connectivity index (χ1n) is 9.62. The van der Waals surface area contributed by atoms with Crippen molar-refractivity contribution >= 4 is 34.5 Å². The van der Waals surface area contributed by atoms with Crippen molar-refractivity contribution in [1.82, 2.24) is 9.88 Å². The third kappa shape index (κ3) is 3.10. The second-order valence-electron chi connectivity index (χ2n) is 7.50. The predicted octanol–water partition coefficient (Wildman–Crippen LogP) is 2.46. The number of esters is 1. The molecule has 1 aromatic heterocycles. The highest BCUT2D eigenvalue weighted by Gasteiger charge is 2.48. The van der Waals surface area contributed by atoms with Gasteiger partial charge in [-0.2, -0.15) is 0 Å². The van der Waals surface area contributed by atoms with E-state index in [1.807, 2.05) is 24.3 Å². The van der Waals surface area contributed by atoms with Gasteiger partial charge in [0.05, 0.1) is 11.8 Å². The van der Waals surface area contributed by atoms with Gasteiger partial charge in [-0.3, -0.25) is 24.1 Å². The fourth-order valence-corrected chi connectivity index (χ4v) is 4.30. The maximum atomic E-state index is 12.7. The Kier molecular flexibility index (Phi) is 4.75. The van der Waals surface area contributed by atoms with Gasteiger partial charge < -0.3 is 9.72 Å². The molecule has 7 nitrogen and oxygen atoms in total. The molecule has 2 amide bonds. The summed E-state index contributed by atoms with van der Waals surface area (Å²) in [6.45, 7) is 1.06. The Labute approximate surface area is 162 Å². The number of nitrogens with zero attached hydrogens (tertiary/aromatic N) is 1. The molecule has 2 aromatic rings. The predicted molar refractivity (Wildman–Crippen MR) is 100 cm³/mol. The van der Waals surface area contributed by atoms with Gasteiger partial charge in [0.25, 0.3) is 0 Å². The SMILES string of the molecule is CC(OC(=O)CN1C(=O)C2CCCCC2C1=O)C(=O)c1c[nH]c2ccccc12. The maximum Gasteiger partial charge on any atom is 0.326 e. The molecule has 0 radical (unpaired) electrons. The van der Waals surface area contributed by atoms with Crippen molar-refractivity contribution in [3.8, 4) is 0 Å². The first-order chi connectivity index (χ1) is 13.5. The van der Waals surface area contributed by atoms with Crippen molar-refractivity contribution in [3.05, 3.63) is 36.0 Å². The largest absolute Gasteiger partial charge is 0.453 e. The molecule has 28 heavy (non-hydrogen) atoms. The molecule has 3 unspecified atom stereocenters. The second-order valence-corrected chi connectivity index (χ2v) is 7.50. The third-order valence-electron chi connectivity index (χ3n) is 5.75. The third-order valence-corrected chi connectivity index (χ3v) is 5.75. The van der Waals surface area contributed by atoms with Gasteiger partial charge in [-0.15, -0.1) is 0 Å². The van der Waals surface area contributed by atoms with Crippen LogP contribution in [0, 0.1) is 11.8 Å². The van der Waals surface area contributed by atoms with Gasteiger partial charge in [0, 0.05) is 22.7 Å². The summed E-state index contributed by atoms with van der Waals surface area (Å²) in [6, 6.07) is 7.36. The number of imide groups is 1. The number of benzene rings is 1. The van der Waals surface area contributed by atoms with Crippen LogP contribution in [0.4, 0.5) is 0 Å². The number of carbonyl (C=O) groups is 4. The molecule has 0 spiro atoms. The molecule has 1 aliphatic carbocycles. The number of aromatic nitrogens is 1. The van der Waals surface area contributed by atoms with E-state index in [1.54, 1.807) is 6.20 Å². The molecule has 3 atom stereocenters. The van der Waals surface area contributed by atoms with Gasteiger partial charge in [0.1, 0.15) is 6.54 Å². The summed E-state index contributed by atoms with van der Waals surface area (Å²) in [5.74, 6) is -2.28. The Morgan fingerprint density at radius 3 is 2.46 bits per heavy atom. The van der Waals surface area contributed by atoms with E-state index in [-0.39, 0.29) is 29.4 Å². The Balaban J connectivity index is 1.41. The minimum absolute atomic E-state index is 0.290. The zero-order chi connectivity index (χ0) is 19.8. The average Bonchev–Trinajstić information content (AvgIpc) is 3.23. The van der Waals surface area contributed by atoms with E-state index in [9.17, 15) is 19.2 Å². The summed E-state index contributed by atoms with van der Waals surface area (Å²) < 4.78 is 5.25. The number of amides is 2. The standard InChI is InChI=1S/C21H22N2O5/c1-12(19(25)16-10-22-17-9-5-4-6-13(16)17)28-18(24)11-23-20(26)14-7-2-3-8-15(14)21(23)27/h4-6,9-10,12,14-15,22H,2-3,7-8,11H2,1H3. The van der Waals surface area contributed by atoms with E-state index in [1.165, 1.54) is 6.92 Å². The number of carbonyl (C=O) groups excluding carboxylic acids is 4. The lowest BCUT2D eigenvalue weighted by atomic mass is 9.81. The van der Waals surface area contributed by atoms with Crippen molar-refractivity contribution in [2.45, 2.75) is 38.7 Å². The maximum absolute atomic E-state index is 12.7. The monoisotopic (exact) mass is 382 g/mol. The van der Waals surface area contributed by atoms with Gasteiger partial charge in [-0.1, -0.05) is 31.0 Å². The van der Waals surface area contributed by atoms with Crippen LogP contribution in [-0.4, -0.2) is 46.1 Å². The number of hydrogen-bond acceptors (Lipinski definition) is 5. The summed E-state index contributed by atoms with van der Waals surface area (Å²) >= 11 is 0. The molecule has 146 valence electrons. The zero-order valence-electron chi connectivity index (χ0n) is 15.6. The molecule has 0 bridgehead atoms. The fourth-order valence-electron chi connectivity index (χ4n) is 4.30. The topological polar surface area (TPSA) is 96.5 Å². The number of likely N-dealkylation sites (tertiary alicyclic amines) is 1. The summed E-state index contributed by atoms with van der Waals surface area (Å²) in [5.41, 5.74) is 1.26. The minimum Gasteiger partial charge on any atom is -0.453 e. The molecular weight excluding hydrogens is 360 g/mol. The number of ketones is 1. The highest BCUT2D eigenvalue weighted by atomic mass is 16.5. The average molecular weight is 382 g/mol. The van der Waals surface area contributed by atoms with Crippen molar-refractivity contribution in [3.63, 3.8) is 0 Å². The molecule has 1 saturated carbocycles. The minimum atomic E-state index is -1.01. The number of fused-ring (bicyclic) bond motifs is 2. The smallest absolute Gasteiger partial charge is 0.326 e. The van der Waals surface area contributed by atoms with Crippen LogP contribution in [-0.2, 0) is 19.1 Å². The molecule has 1 aliphatic heterocycles. The van der Waals surface area contributed by atoms with Crippen LogP contribution in [0.3, 0.4) is 0 Å². The summed E-state index contributed by atoms with van der Waals surface area (Å²) in [4.78, 5) is 53.9. The van der Waals surface area contributed by atoms with Crippen LogP contribution in [0.2, 0.25) is 0 Å². The normalized spacial score (nSPS) is 23.0. The van der Waals surface area contributed by atoms with Crippen LogP contribution in [0.15, 0.2) is 30.5 Å². The summed E-state index contributed by atoms with van der Waals surface area (Å²) in [6.07, 6.45) is 3.81. The van der Waals surface area contributed by atoms with E-state index < -0.39 is 18.6 Å². The number of H-pyrrole nitrogens is 1. The first-order valence-corrected chi connectivity index (χ1v) is 9.62. The van der Waals surface area contributed by atoms with Crippen LogP contribution in [0.25, 0.3) is 10.9 Å². The number of Topliss-reactive ketones (excluding diaryl/α,β-unsaturated/α-hetero) is 1. The van der Waals surface area contributed by atoms with Crippen molar-refractivity contribution in [2.75, 3.05) is 6.54 Å². The molecule has 2 aliphatic rings. The molecule has 2 heterocycles. The van der Waals surface area contributed by atoms with Gasteiger partial charge in [0.2, 0.25) is 17.6 Å². The highest BCUT2D eigenvalue weighted by molar-refractivity contribution is 6.10. The lowest BCUT2D eigenvalue weighted by Crippen LogP contribution is -2.38. The molecule has 4 rings (SSSR count). The van der Waals surface area contributed by atoms with Gasteiger partial charge in [0.15, 0.2) is 6.10 Å². The van der Waals surface area contributed by atoms with Crippen molar-refractivity contribution < 1.29 is 23.9 Å². The fraction of sp³-hybridized carbons (Fsp3) is 0.429. The molecular formula is C21H22N2O5. The van der Waals surface area contributed by atoms with E-state index in [2.05, 4.69) is 4.98 Å². The van der Waals surface area contributed by atoms with E-state index in [0.29, 0.717) is 18.4 Å². The van der Waals surface area contributed by atoms with Gasteiger partial charge in [-0.25, -0.2) is 0 Å². The van der Waals surface area contributed by atoms with Gasteiger partial charge >= 0.3 is 5.97 Å². The lowest BCUT2D eigenvalue weighted by Gasteiger charge is -2.19. The van der Waals surface area contributed by atoms with Crippen molar-refractivity contribution in [1.29, 1.82) is 0 Å². The highest BCUT2D eigenvalue weighted by Crippen LogP contribution is 2.37. The quantitative estimate of drug-likeness (QED) is 0.487. The number of hydrogen-bond donors (Lipinski definition) is 1. The Bertz CT molecular complexity index is 939. The van der Waals surface area contributed by atoms with Crippen molar-refractivity contribution in [2.24, 2.45) is 11.8 Å². The molecule has 2 fully saturated rings. The molecule has 1 N–H and O–H groups in total. The van der Waals surface area contributed by atoms with Crippen LogP contribution in [0.1, 0.15) is 43.0 Å².